The normalized spacial score (nSPS) is 11.9. The lowest BCUT2D eigenvalue weighted by molar-refractivity contribution is -0.121. The number of amides is 2. The fraction of sp³-hybridized carbons (Fsp3) is 0.391. The number of carbonyl (C=O) groups excluding carboxylic acids is 2. The molecule has 0 saturated heterocycles. The summed E-state index contributed by atoms with van der Waals surface area (Å²) in [6.07, 6.45) is 0.261. The van der Waals surface area contributed by atoms with Crippen LogP contribution in [0.1, 0.15) is 47.8 Å². The quantitative estimate of drug-likeness (QED) is 0.664. The molecule has 150 valence electrons. The summed E-state index contributed by atoms with van der Waals surface area (Å²) in [6, 6.07) is 17.8. The molecule has 0 aliphatic heterocycles. The van der Waals surface area contributed by atoms with Crippen molar-refractivity contribution < 1.29 is 9.59 Å². The lowest BCUT2D eigenvalue weighted by Gasteiger charge is -2.30. The number of hydrogen-bond acceptors (Lipinski definition) is 3. The first-order chi connectivity index (χ1) is 13.5. The van der Waals surface area contributed by atoms with Gasteiger partial charge in [0, 0.05) is 25.1 Å². The van der Waals surface area contributed by atoms with Crippen LogP contribution in [-0.4, -0.2) is 42.9 Å². The van der Waals surface area contributed by atoms with Crippen LogP contribution in [0.3, 0.4) is 0 Å². The van der Waals surface area contributed by atoms with Gasteiger partial charge in [0.15, 0.2) is 0 Å². The summed E-state index contributed by atoms with van der Waals surface area (Å²) < 4.78 is 0. The Bertz CT molecular complexity index is 757. The highest BCUT2D eigenvalue weighted by Crippen LogP contribution is 2.19. The molecule has 2 amide bonds. The Morgan fingerprint density at radius 1 is 0.964 bits per heavy atom. The van der Waals surface area contributed by atoms with Crippen LogP contribution in [0.4, 0.5) is 0 Å². The van der Waals surface area contributed by atoms with Gasteiger partial charge in [0.1, 0.15) is 0 Å². The third kappa shape index (κ3) is 6.50. The van der Waals surface area contributed by atoms with E-state index in [9.17, 15) is 9.59 Å². The van der Waals surface area contributed by atoms with Gasteiger partial charge in [-0.2, -0.15) is 0 Å². The number of rotatable bonds is 10. The van der Waals surface area contributed by atoms with Gasteiger partial charge in [-0.25, -0.2) is 0 Å². The molecule has 2 rings (SSSR count). The molecule has 1 unspecified atom stereocenters. The molecule has 0 fully saturated rings. The molecule has 5 nitrogen and oxygen atoms in total. The molecule has 2 aromatic carbocycles. The summed E-state index contributed by atoms with van der Waals surface area (Å²) >= 11 is 0. The maximum atomic E-state index is 12.3. The lowest BCUT2D eigenvalue weighted by atomic mass is 10.1. The summed E-state index contributed by atoms with van der Waals surface area (Å²) in [5.74, 6) is -0.209. The number of nitrogens with one attached hydrogen (secondary N) is 2. The van der Waals surface area contributed by atoms with E-state index in [4.69, 9.17) is 0 Å². The SMILES string of the molecule is CCN(CC)C(CNC(=O)CCNC(=O)c1cccc(C)c1)c1ccccc1. The van der Waals surface area contributed by atoms with Crippen molar-refractivity contribution in [3.63, 3.8) is 0 Å². The van der Waals surface area contributed by atoms with E-state index >= 15 is 0 Å². The average molecular weight is 382 g/mol. The average Bonchev–Trinajstić information content (AvgIpc) is 2.71. The Morgan fingerprint density at radius 2 is 1.68 bits per heavy atom. The minimum Gasteiger partial charge on any atom is -0.354 e. The van der Waals surface area contributed by atoms with Crippen LogP contribution >= 0.6 is 0 Å². The third-order valence-electron chi connectivity index (χ3n) is 4.85. The van der Waals surface area contributed by atoms with Crippen molar-refractivity contribution in [2.45, 2.75) is 33.2 Å². The molecule has 0 aromatic heterocycles. The van der Waals surface area contributed by atoms with E-state index in [0.717, 1.165) is 18.7 Å². The molecular weight excluding hydrogens is 350 g/mol. The predicted octanol–water partition coefficient (Wildman–Crippen LogP) is 3.31. The van der Waals surface area contributed by atoms with Gasteiger partial charge >= 0.3 is 0 Å². The summed E-state index contributed by atoms with van der Waals surface area (Å²) in [4.78, 5) is 26.7. The van der Waals surface area contributed by atoms with Gasteiger partial charge in [-0.05, 0) is 37.7 Å². The maximum absolute atomic E-state index is 12.3. The van der Waals surface area contributed by atoms with E-state index in [0.29, 0.717) is 18.7 Å². The Morgan fingerprint density at radius 3 is 2.32 bits per heavy atom. The van der Waals surface area contributed by atoms with E-state index < -0.39 is 0 Å². The molecule has 1 atom stereocenters. The number of nitrogens with zero attached hydrogens (tertiary/aromatic N) is 1. The van der Waals surface area contributed by atoms with Crippen LogP contribution in [0, 0.1) is 6.92 Å². The van der Waals surface area contributed by atoms with E-state index in [1.807, 2.05) is 43.3 Å². The summed E-state index contributed by atoms with van der Waals surface area (Å²) in [7, 11) is 0. The molecular formula is C23H31N3O2. The lowest BCUT2D eigenvalue weighted by Crippen LogP contribution is -2.39. The van der Waals surface area contributed by atoms with Crippen molar-refractivity contribution in [1.82, 2.24) is 15.5 Å². The summed E-state index contributed by atoms with van der Waals surface area (Å²) in [5, 5.41) is 5.83. The van der Waals surface area contributed by atoms with Gasteiger partial charge in [0.2, 0.25) is 5.91 Å². The van der Waals surface area contributed by atoms with Crippen LogP contribution in [0.25, 0.3) is 0 Å². The molecule has 0 heterocycles. The van der Waals surface area contributed by atoms with Crippen LogP contribution in [-0.2, 0) is 4.79 Å². The van der Waals surface area contributed by atoms with Gasteiger partial charge in [0.05, 0.1) is 6.04 Å². The highest BCUT2D eigenvalue weighted by molar-refractivity contribution is 5.94. The zero-order valence-corrected chi connectivity index (χ0v) is 17.1. The monoisotopic (exact) mass is 381 g/mol. The number of benzene rings is 2. The van der Waals surface area contributed by atoms with Crippen molar-refractivity contribution in [1.29, 1.82) is 0 Å². The molecule has 0 radical (unpaired) electrons. The Labute approximate surface area is 168 Å². The van der Waals surface area contributed by atoms with Crippen LogP contribution < -0.4 is 10.6 Å². The fourth-order valence-electron chi connectivity index (χ4n) is 3.27. The number of hydrogen-bond donors (Lipinski definition) is 2. The summed E-state index contributed by atoms with van der Waals surface area (Å²) in [6.45, 7) is 8.90. The van der Waals surface area contributed by atoms with E-state index in [1.54, 1.807) is 6.07 Å². The molecule has 0 saturated carbocycles. The third-order valence-corrected chi connectivity index (χ3v) is 4.85. The first kappa shape index (κ1) is 21.6. The number of aryl methyl sites for hydroxylation is 1. The standard InChI is InChI=1S/C23H31N3O2/c1-4-26(5-2)21(19-11-7-6-8-12-19)17-25-22(27)14-15-24-23(28)20-13-9-10-18(3)16-20/h6-13,16,21H,4-5,14-15,17H2,1-3H3,(H,24,28)(H,25,27). The topological polar surface area (TPSA) is 61.4 Å². The molecule has 0 bridgehead atoms. The first-order valence-corrected chi connectivity index (χ1v) is 9.95. The Hall–Kier alpha value is -2.66. The number of likely N-dealkylation sites (N-methyl/N-ethyl adjacent to an activating group) is 1. The van der Waals surface area contributed by atoms with Crippen LogP contribution in [0.5, 0.6) is 0 Å². The molecule has 2 aromatic rings. The van der Waals surface area contributed by atoms with Gasteiger partial charge < -0.3 is 10.6 Å². The van der Waals surface area contributed by atoms with Gasteiger partial charge in [-0.15, -0.1) is 0 Å². The second kappa shape index (κ2) is 11.2. The van der Waals surface area contributed by atoms with Gasteiger partial charge in [-0.1, -0.05) is 61.9 Å². The predicted molar refractivity (Wildman–Crippen MR) is 113 cm³/mol. The number of carbonyl (C=O) groups is 2. The molecule has 5 heteroatoms. The molecule has 0 spiro atoms. The highest BCUT2D eigenvalue weighted by Gasteiger charge is 2.18. The van der Waals surface area contributed by atoms with Crippen LogP contribution in [0.2, 0.25) is 0 Å². The first-order valence-electron chi connectivity index (χ1n) is 9.95. The molecule has 28 heavy (non-hydrogen) atoms. The largest absolute Gasteiger partial charge is 0.354 e. The van der Waals surface area contributed by atoms with Crippen molar-refractivity contribution in [2.24, 2.45) is 0 Å². The molecule has 2 N–H and O–H groups in total. The van der Waals surface area contributed by atoms with E-state index in [1.165, 1.54) is 5.56 Å². The second-order valence-corrected chi connectivity index (χ2v) is 6.83. The van der Waals surface area contributed by atoms with Gasteiger partial charge in [-0.3, -0.25) is 14.5 Å². The smallest absolute Gasteiger partial charge is 0.251 e. The zero-order chi connectivity index (χ0) is 20.4. The maximum Gasteiger partial charge on any atom is 0.251 e. The molecule has 0 aliphatic carbocycles. The fourth-order valence-corrected chi connectivity index (χ4v) is 3.27. The van der Waals surface area contributed by atoms with Crippen LogP contribution in [0.15, 0.2) is 54.6 Å². The van der Waals surface area contributed by atoms with E-state index in [-0.39, 0.29) is 24.3 Å². The summed E-state index contributed by atoms with van der Waals surface area (Å²) in [5.41, 5.74) is 2.85. The Kier molecular flexibility index (Phi) is 8.69. The molecule has 0 aliphatic rings. The second-order valence-electron chi connectivity index (χ2n) is 6.83. The van der Waals surface area contributed by atoms with Crippen molar-refractivity contribution in [2.75, 3.05) is 26.2 Å². The minimum absolute atomic E-state index is 0.0578. The van der Waals surface area contributed by atoms with Crippen molar-refractivity contribution >= 4 is 11.8 Å². The van der Waals surface area contributed by atoms with Crippen molar-refractivity contribution in [3.8, 4) is 0 Å². The van der Waals surface area contributed by atoms with E-state index in [2.05, 4.69) is 41.5 Å². The zero-order valence-electron chi connectivity index (χ0n) is 17.1. The Balaban J connectivity index is 1.83. The minimum atomic E-state index is -0.151. The van der Waals surface area contributed by atoms with Gasteiger partial charge in [0.25, 0.3) is 5.91 Å². The highest BCUT2D eigenvalue weighted by atomic mass is 16.2. The van der Waals surface area contributed by atoms with Crippen molar-refractivity contribution in [3.05, 3.63) is 71.3 Å².